The number of anilines is 3. The summed E-state index contributed by atoms with van der Waals surface area (Å²) in [5.41, 5.74) is 3.08. The molecule has 2 heterocycles. The number of benzene rings is 1. The Morgan fingerprint density at radius 3 is 2.63 bits per heavy atom. The van der Waals surface area contributed by atoms with E-state index in [9.17, 15) is 4.79 Å². The minimum atomic E-state index is -0.277. The SMILES string of the molecule is CCN1CCN(c2ccc(NC(=O)Nc3nnc(C4CC4)s3)c(C)c2)CC1. The van der Waals surface area contributed by atoms with E-state index in [2.05, 4.69) is 49.7 Å². The highest BCUT2D eigenvalue weighted by Gasteiger charge is 2.27. The molecule has 2 aromatic rings. The molecule has 2 fully saturated rings. The molecule has 8 heteroatoms. The molecule has 0 radical (unpaired) electrons. The van der Waals surface area contributed by atoms with Crippen molar-refractivity contribution in [1.29, 1.82) is 0 Å². The van der Waals surface area contributed by atoms with E-state index in [-0.39, 0.29) is 6.03 Å². The maximum absolute atomic E-state index is 12.3. The molecular weight excluding hydrogens is 360 g/mol. The second-order valence-corrected chi connectivity index (χ2v) is 8.23. The first-order valence-corrected chi connectivity index (χ1v) is 10.4. The molecule has 2 aliphatic rings. The molecule has 2 amide bonds. The third kappa shape index (κ3) is 4.39. The third-order valence-electron chi connectivity index (χ3n) is 5.23. The zero-order valence-electron chi connectivity index (χ0n) is 15.9. The number of hydrogen-bond acceptors (Lipinski definition) is 6. The van der Waals surface area contributed by atoms with Gasteiger partial charge in [-0.1, -0.05) is 18.3 Å². The highest BCUT2D eigenvalue weighted by Crippen LogP contribution is 2.42. The quantitative estimate of drug-likeness (QED) is 0.823. The van der Waals surface area contributed by atoms with E-state index in [1.165, 1.54) is 29.9 Å². The molecule has 27 heavy (non-hydrogen) atoms. The van der Waals surface area contributed by atoms with Crippen LogP contribution in [0, 0.1) is 6.92 Å². The summed E-state index contributed by atoms with van der Waals surface area (Å²) in [4.78, 5) is 17.2. The van der Waals surface area contributed by atoms with Crippen LogP contribution < -0.4 is 15.5 Å². The first-order valence-electron chi connectivity index (χ1n) is 9.61. The van der Waals surface area contributed by atoms with Crippen molar-refractivity contribution in [3.63, 3.8) is 0 Å². The van der Waals surface area contributed by atoms with Crippen LogP contribution in [0.2, 0.25) is 0 Å². The lowest BCUT2D eigenvalue weighted by atomic mass is 10.1. The average Bonchev–Trinajstić information content (AvgIpc) is 3.43. The number of rotatable bonds is 5. The number of carbonyl (C=O) groups excluding carboxylic acids is 1. The Balaban J connectivity index is 1.35. The topological polar surface area (TPSA) is 73.4 Å². The number of hydrogen-bond donors (Lipinski definition) is 2. The molecule has 4 rings (SSSR count). The second kappa shape index (κ2) is 7.82. The Morgan fingerprint density at radius 1 is 1.19 bits per heavy atom. The van der Waals surface area contributed by atoms with Crippen molar-refractivity contribution in [2.45, 2.75) is 32.6 Å². The molecule has 1 aliphatic carbocycles. The highest BCUT2D eigenvalue weighted by molar-refractivity contribution is 7.15. The average molecular weight is 387 g/mol. The first kappa shape index (κ1) is 18.2. The van der Waals surface area contributed by atoms with Crippen molar-refractivity contribution >= 4 is 33.9 Å². The maximum Gasteiger partial charge on any atom is 0.325 e. The van der Waals surface area contributed by atoms with Gasteiger partial charge in [0.25, 0.3) is 0 Å². The van der Waals surface area contributed by atoms with Gasteiger partial charge in [-0.15, -0.1) is 10.2 Å². The predicted octanol–water partition coefficient (Wildman–Crippen LogP) is 3.51. The van der Waals surface area contributed by atoms with E-state index in [0.717, 1.165) is 49.0 Å². The van der Waals surface area contributed by atoms with E-state index < -0.39 is 0 Å². The van der Waals surface area contributed by atoms with E-state index in [1.807, 2.05) is 13.0 Å². The van der Waals surface area contributed by atoms with Gasteiger partial charge in [0.1, 0.15) is 5.01 Å². The van der Waals surface area contributed by atoms with Crippen LogP contribution in [0.5, 0.6) is 0 Å². The molecule has 1 aromatic heterocycles. The lowest BCUT2D eigenvalue weighted by Crippen LogP contribution is -2.46. The molecule has 0 bridgehead atoms. The van der Waals surface area contributed by atoms with Crippen molar-refractivity contribution in [2.24, 2.45) is 0 Å². The van der Waals surface area contributed by atoms with Crippen LogP contribution in [-0.4, -0.2) is 53.9 Å². The van der Waals surface area contributed by atoms with E-state index >= 15 is 0 Å². The number of nitrogens with zero attached hydrogens (tertiary/aromatic N) is 4. The van der Waals surface area contributed by atoms with Crippen LogP contribution >= 0.6 is 11.3 Å². The molecule has 0 unspecified atom stereocenters. The maximum atomic E-state index is 12.3. The minimum Gasteiger partial charge on any atom is -0.369 e. The molecule has 2 N–H and O–H groups in total. The van der Waals surface area contributed by atoms with Gasteiger partial charge in [-0.2, -0.15) is 0 Å². The fourth-order valence-electron chi connectivity index (χ4n) is 3.34. The van der Waals surface area contributed by atoms with Crippen LogP contribution in [0.3, 0.4) is 0 Å². The summed E-state index contributed by atoms with van der Waals surface area (Å²) < 4.78 is 0. The van der Waals surface area contributed by atoms with E-state index in [1.54, 1.807) is 0 Å². The molecule has 0 atom stereocenters. The number of likely N-dealkylation sites (N-methyl/N-ethyl adjacent to an activating group) is 1. The predicted molar refractivity (Wildman–Crippen MR) is 110 cm³/mol. The Hall–Kier alpha value is -2.19. The van der Waals surface area contributed by atoms with E-state index in [4.69, 9.17) is 0 Å². The summed E-state index contributed by atoms with van der Waals surface area (Å²) in [6.07, 6.45) is 2.36. The van der Waals surface area contributed by atoms with Crippen molar-refractivity contribution < 1.29 is 4.79 Å². The van der Waals surface area contributed by atoms with Crippen molar-refractivity contribution in [3.8, 4) is 0 Å². The lowest BCUT2D eigenvalue weighted by Gasteiger charge is -2.35. The number of piperazine rings is 1. The summed E-state index contributed by atoms with van der Waals surface area (Å²) in [5.74, 6) is 0.551. The zero-order chi connectivity index (χ0) is 18.8. The fourth-order valence-corrected chi connectivity index (χ4v) is 4.25. The highest BCUT2D eigenvalue weighted by atomic mass is 32.1. The third-order valence-corrected chi connectivity index (χ3v) is 6.23. The number of carbonyl (C=O) groups is 1. The molecule has 144 valence electrons. The van der Waals surface area contributed by atoms with Crippen LogP contribution in [-0.2, 0) is 0 Å². The zero-order valence-corrected chi connectivity index (χ0v) is 16.7. The van der Waals surface area contributed by atoms with Gasteiger partial charge in [0.2, 0.25) is 5.13 Å². The first-order chi connectivity index (χ1) is 13.1. The molecule has 1 saturated carbocycles. The smallest absolute Gasteiger partial charge is 0.325 e. The van der Waals surface area contributed by atoms with Crippen molar-refractivity contribution in [3.05, 3.63) is 28.8 Å². The molecule has 1 saturated heterocycles. The number of urea groups is 1. The van der Waals surface area contributed by atoms with Crippen LogP contribution in [0.4, 0.5) is 21.3 Å². The molecule has 0 spiro atoms. The summed E-state index contributed by atoms with van der Waals surface area (Å²) >= 11 is 1.46. The fraction of sp³-hybridized carbons (Fsp3) is 0.526. The summed E-state index contributed by atoms with van der Waals surface area (Å²) in [6, 6.07) is 5.93. The lowest BCUT2D eigenvalue weighted by molar-refractivity contribution is 0.262. The minimum absolute atomic E-state index is 0.277. The second-order valence-electron chi connectivity index (χ2n) is 7.22. The number of aromatic nitrogens is 2. The molecule has 7 nitrogen and oxygen atoms in total. The van der Waals surface area contributed by atoms with Gasteiger partial charge in [-0.05, 0) is 50.1 Å². The standard InChI is InChI=1S/C19H26N6OS/c1-3-24-8-10-25(11-9-24)15-6-7-16(13(2)12-15)20-18(26)21-19-23-22-17(27-19)14-4-5-14/h6-7,12,14H,3-5,8-11H2,1-2H3,(H2,20,21,23,26). The van der Waals surface area contributed by atoms with Gasteiger partial charge in [0.15, 0.2) is 0 Å². The normalized spacial score (nSPS) is 17.8. The Morgan fingerprint density at radius 2 is 1.96 bits per heavy atom. The summed E-state index contributed by atoms with van der Waals surface area (Å²) in [7, 11) is 0. The molecule has 1 aromatic carbocycles. The van der Waals surface area contributed by atoms with Gasteiger partial charge in [-0.25, -0.2) is 4.79 Å². The van der Waals surface area contributed by atoms with Gasteiger partial charge >= 0.3 is 6.03 Å². The summed E-state index contributed by atoms with van der Waals surface area (Å²) in [6.45, 7) is 9.63. The molecule has 1 aliphatic heterocycles. The van der Waals surface area contributed by atoms with Crippen molar-refractivity contribution in [1.82, 2.24) is 15.1 Å². The summed E-state index contributed by atoms with van der Waals surface area (Å²) in [5, 5.41) is 15.5. The Labute approximate surface area is 163 Å². The monoisotopic (exact) mass is 386 g/mol. The largest absolute Gasteiger partial charge is 0.369 e. The van der Waals surface area contributed by atoms with Crippen LogP contribution in [0.25, 0.3) is 0 Å². The molecular formula is C19H26N6OS. The number of aryl methyl sites for hydroxylation is 1. The van der Waals surface area contributed by atoms with Gasteiger partial charge in [0, 0.05) is 43.5 Å². The van der Waals surface area contributed by atoms with Crippen molar-refractivity contribution in [2.75, 3.05) is 48.3 Å². The number of nitrogens with one attached hydrogen (secondary N) is 2. The Bertz CT molecular complexity index is 810. The number of amides is 2. The van der Waals surface area contributed by atoms with E-state index in [0.29, 0.717) is 11.0 Å². The van der Waals surface area contributed by atoms with Crippen LogP contribution in [0.15, 0.2) is 18.2 Å². The van der Waals surface area contributed by atoms with Gasteiger partial charge in [-0.3, -0.25) is 5.32 Å². The van der Waals surface area contributed by atoms with Crippen LogP contribution in [0.1, 0.15) is 36.3 Å². The Kier molecular flexibility index (Phi) is 5.27. The van der Waals surface area contributed by atoms with Gasteiger partial charge in [0.05, 0.1) is 0 Å². The van der Waals surface area contributed by atoms with Gasteiger partial charge < -0.3 is 15.1 Å².